The molecule has 104 valence electrons. The smallest absolute Gasteiger partial charge is 0.315 e. The molecule has 7 heteroatoms. The van der Waals surface area contributed by atoms with E-state index < -0.39 is 0 Å². The predicted octanol–water partition coefficient (Wildman–Crippen LogP) is 2.66. The summed E-state index contributed by atoms with van der Waals surface area (Å²) in [7, 11) is 1.84. The molecule has 2 aromatic rings. The van der Waals surface area contributed by atoms with Crippen LogP contribution in [0.5, 0.6) is 0 Å². The number of nitrogens with one attached hydrogen (secondary N) is 1. The van der Waals surface area contributed by atoms with Gasteiger partial charge in [0.25, 0.3) is 0 Å². The summed E-state index contributed by atoms with van der Waals surface area (Å²) < 4.78 is 7.24. The molecule has 0 unspecified atom stereocenters. The molecule has 0 aliphatic carbocycles. The molecule has 0 saturated carbocycles. The second-order valence-electron chi connectivity index (χ2n) is 5.65. The SMILES string of the molecule is Cn1ncc(Cl)c1CNc1nnc(CC(C)(C)C)o1. The Kier molecular flexibility index (Phi) is 3.80. The van der Waals surface area contributed by atoms with Crippen molar-refractivity contribution in [2.45, 2.75) is 33.7 Å². The van der Waals surface area contributed by atoms with E-state index in [-0.39, 0.29) is 5.41 Å². The van der Waals surface area contributed by atoms with E-state index in [1.54, 1.807) is 10.9 Å². The van der Waals surface area contributed by atoms with Crippen LogP contribution >= 0.6 is 11.6 Å². The third-order valence-corrected chi connectivity index (χ3v) is 2.88. The predicted molar refractivity (Wildman–Crippen MR) is 73.0 cm³/mol. The van der Waals surface area contributed by atoms with Crippen molar-refractivity contribution in [1.82, 2.24) is 20.0 Å². The molecule has 0 amide bonds. The summed E-state index contributed by atoms with van der Waals surface area (Å²) in [5, 5.41) is 15.7. The van der Waals surface area contributed by atoms with Crippen molar-refractivity contribution >= 4 is 17.6 Å². The first-order valence-corrected chi connectivity index (χ1v) is 6.45. The van der Waals surface area contributed by atoms with Crippen LogP contribution in [0.2, 0.25) is 5.02 Å². The molecular formula is C12H18ClN5O. The molecule has 2 aromatic heterocycles. The van der Waals surface area contributed by atoms with Crippen molar-refractivity contribution in [3.05, 3.63) is 22.8 Å². The van der Waals surface area contributed by atoms with E-state index in [0.29, 0.717) is 23.5 Å². The second-order valence-corrected chi connectivity index (χ2v) is 6.06. The summed E-state index contributed by atoms with van der Waals surface area (Å²) in [6, 6.07) is 0.400. The zero-order chi connectivity index (χ0) is 14.0. The molecule has 0 aliphatic rings. The third kappa shape index (κ3) is 3.70. The van der Waals surface area contributed by atoms with Gasteiger partial charge in [-0.15, -0.1) is 5.10 Å². The molecule has 0 atom stereocenters. The number of anilines is 1. The Morgan fingerprint density at radius 3 is 2.68 bits per heavy atom. The van der Waals surface area contributed by atoms with Gasteiger partial charge in [0, 0.05) is 13.5 Å². The van der Waals surface area contributed by atoms with Gasteiger partial charge in [-0.1, -0.05) is 37.5 Å². The first kappa shape index (κ1) is 13.9. The maximum atomic E-state index is 6.01. The average molecular weight is 284 g/mol. The van der Waals surface area contributed by atoms with Crippen molar-refractivity contribution in [3.63, 3.8) is 0 Å². The van der Waals surface area contributed by atoms with E-state index in [4.69, 9.17) is 16.0 Å². The molecule has 6 nitrogen and oxygen atoms in total. The van der Waals surface area contributed by atoms with E-state index in [2.05, 4.69) is 41.4 Å². The fourth-order valence-electron chi connectivity index (χ4n) is 1.64. The lowest BCUT2D eigenvalue weighted by Crippen LogP contribution is -2.09. The minimum atomic E-state index is 0.120. The van der Waals surface area contributed by atoms with Crippen LogP contribution in [0, 0.1) is 5.41 Å². The Morgan fingerprint density at radius 2 is 2.11 bits per heavy atom. The number of hydrogen-bond acceptors (Lipinski definition) is 5. The quantitative estimate of drug-likeness (QED) is 0.934. The van der Waals surface area contributed by atoms with Crippen LogP contribution in [-0.2, 0) is 20.0 Å². The van der Waals surface area contributed by atoms with Crippen LogP contribution < -0.4 is 5.32 Å². The molecule has 0 saturated heterocycles. The van der Waals surface area contributed by atoms with E-state index in [0.717, 1.165) is 12.1 Å². The van der Waals surface area contributed by atoms with Crippen LogP contribution in [0.25, 0.3) is 0 Å². The first-order chi connectivity index (χ1) is 8.85. The summed E-state index contributed by atoms with van der Waals surface area (Å²) in [6.07, 6.45) is 2.35. The van der Waals surface area contributed by atoms with Gasteiger partial charge in [0.15, 0.2) is 0 Å². The Labute approximate surface area is 117 Å². The van der Waals surface area contributed by atoms with Gasteiger partial charge in [-0.25, -0.2) is 0 Å². The maximum Gasteiger partial charge on any atom is 0.315 e. The highest BCUT2D eigenvalue weighted by atomic mass is 35.5. The summed E-state index contributed by atoms with van der Waals surface area (Å²) in [5.74, 6) is 0.631. The average Bonchev–Trinajstić information content (AvgIpc) is 2.83. The van der Waals surface area contributed by atoms with Gasteiger partial charge in [-0.3, -0.25) is 4.68 Å². The van der Waals surface area contributed by atoms with Gasteiger partial charge in [0.1, 0.15) is 0 Å². The Balaban J connectivity index is 1.97. The second kappa shape index (κ2) is 5.21. The summed E-state index contributed by atoms with van der Waals surface area (Å²) in [4.78, 5) is 0. The van der Waals surface area contributed by atoms with Crippen LogP contribution in [-0.4, -0.2) is 20.0 Å². The highest BCUT2D eigenvalue weighted by Crippen LogP contribution is 2.21. The number of aromatic nitrogens is 4. The highest BCUT2D eigenvalue weighted by Gasteiger charge is 2.16. The lowest BCUT2D eigenvalue weighted by Gasteiger charge is -2.14. The van der Waals surface area contributed by atoms with Gasteiger partial charge in [-0.05, 0) is 5.41 Å². The van der Waals surface area contributed by atoms with Crippen LogP contribution in [0.15, 0.2) is 10.6 Å². The van der Waals surface area contributed by atoms with Crippen LogP contribution in [0.1, 0.15) is 32.4 Å². The molecule has 0 bridgehead atoms. The van der Waals surface area contributed by atoms with Crippen molar-refractivity contribution in [2.75, 3.05) is 5.32 Å². The Bertz CT molecular complexity index is 535. The van der Waals surface area contributed by atoms with Gasteiger partial charge < -0.3 is 9.73 Å². The zero-order valence-electron chi connectivity index (χ0n) is 11.6. The number of rotatable bonds is 4. The largest absolute Gasteiger partial charge is 0.408 e. The van der Waals surface area contributed by atoms with Gasteiger partial charge >= 0.3 is 6.01 Å². The van der Waals surface area contributed by atoms with Crippen LogP contribution in [0.3, 0.4) is 0 Å². The fraction of sp³-hybridized carbons (Fsp3) is 0.583. The van der Waals surface area contributed by atoms with Crippen molar-refractivity contribution in [2.24, 2.45) is 12.5 Å². The lowest BCUT2D eigenvalue weighted by molar-refractivity contribution is 0.357. The maximum absolute atomic E-state index is 6.01. The zero-order valence-corrected chi connectivity index (χ0v) is 12.3. The molecule has 0 spiro atoms. The summed E-state index contributed by atoms with van der Waals surface area (Å²) in [5.41, 5.74) is 0.993. The Hall–Kier alpha value is -1.56. The summed E-state index contributed by atoms with van der Waals surface area (Å²) >= 11 is 6.01. The standard InChI is InChI=1S/C12H18ClN5O/c1-12(2,3)5-10-16-17-11(19-10)14-7-9-8(13)6-15-18(9)4/h6H,5,7H2,1-4H3,(H,14,17). The third-order valence-electron chi connectivity index (χ3n) is 2.57. The molecule has 0 aliphatic heterocycles. The molecular weight excluding hydrogens is 266 g/mol. The lowest BCUT2D eigenvalue weighted by atomic mass is 9.92. The molecule has 19 heavy (non-hydrogen) atoms. The highest BCUT2D eigenvalue weighted by molar-refractivity contribution is 6.31. The topological polar surface area (TPSA) is 68.8 Å². The van der Waals surface area contributed by atoms with Crippen molar-refractivity contribution in [3.8, 4) is 0 Å². The monoisotopic (exact) mass is 283 g/mol. The minimum Gasteiger partial charge on any atom is -0.408 e. The van der Waals surface area contributed by atoms with Gasteiger partial charge in [0.2, 0.25) is 5.89 Å². The van der Waals surface area contributed by atoms with E-state index >= 15 is 0 Å². The van der Waals surface area contributed by atoms with Crippen LogP contribution in [0.4, 0.5) is 6.01 Å². The van der Waals surface area contributed by atoms with E-state index in [9.17, 15) is 0 Å². The molecule has 1 N–H and O–H groups in total. The first-order valence-electron chi connectivity index (χ1n) is 6.08. The molecule has 2 heterocycles. The van der Waals surface area contributed by atoms with Gasteiger partial charge in [0.05, 0.1) is 23.5 Å². The summed E-state index contributed by atoms with van der Waals surface area (Å²) in [6.45, 7) is 6.87. The van der Waals surface area contributed by atoms with E-state index in [1.165, 1.54) is 0 Å². The molecule has 0 fully saturated rings. The molecule has 0 radical (unpaired) electrons. The molecule has 0 aromatic carbocycles. The minimum absolute atomic E-state index is 0.120. The Morgan fingerprint density at radius 1 is 1.37 bits per heavy atom. The molecule has 2 rings (SSSR count). The normalized spacial score (nSPS) is 11.8. The van der Waals surface area contributed by atoms with E-state index in [1.807, 2.05) is 7.05 Å². The van der Waals surface area contributed by atoms with Crippen molar-refractivity contribution in [1.29, 1.82) is 0 Å². The number of nitrogens with zero attached hydrogens (tertiary/aromatic N) is 4. The fourth-order valence-corrected chi connectivity index (χ4v) is 1.88. The van der Waals surface area contributed by atoms with Gasteiger partial charge in [-0.2, -0.15) is 5.10 Å². The number of hydrogen-bond donors (Lipinski definition) is 1. The number of halogens is 1. The number of aryl methyl sites for hydroxylation is 1. The van der Waals surface area contributed by atoms with Crippen molar-refractivity contribution < 1.29 is 4.42 Å².